The van der Waals surface area contributed by atoms with E-state index in [2.05, 4.69) is 0 Å². The van der Waals surface area contributed by atoms with Crippen molar-refractivity contribution in [2.24, 2.45) is 0 Å². The Balaban J connectivity index is 3.76. The van der Waals surface area contributed by atoms with E-state index < -0.39 is 16.9 Å². The Morgan fingerprint density at radius 3 is 2.25 bits per heavy atom. The fourth-order valence-corrected chi connectivity index (χ4v) is 0.471. The molecule has 5 nitrogen and oxygen atoms in total. The van der Waals surface area contributed by atoms with E-state index >= 15 is 0 Å². The molecule has 0 rings (SSSR count). The zero-order chi connectivity index (χ0) is 6.62. The molecule has 6 heteroatoms. The van der Waals surface area contributed by atoms with Crippen LogP contribution < -0.4 is 9.44 Å². The summed E-state index contributed by atoms with van der Waals surface area (Å²) in [5.41, 5.74) is 0. The molecule has 3 N–H and O–H groups in total. The molecule has 0 aromatic rings. The van der Waals surface area contributed by atoms with Crippen molar-refractivity contribution in [2.75, 3.05) is 13.8 Å². The quantitative estimate of drug-likeness (QED) is 0.396. The van der Waals surface area contributed by atoms with Crippen LogP contribution in [0.4, 0.5) is 0 Å². The molecule has 0 unspecified atom stereocenters. The lowest BCUT2D eigenvalue weighted by Crippen LogP contribution is -2.34. The van der Waals surface area contributed by atoms with E-state index in [1.165, 1.54) is 7.05 Å². The molecule has 0 radical (unpaired) electrons. The Bertz CT molecular complexity index is 139. The van der Waals surface area contributed by atoms with Gasteiger partial charge in [0.2, 0.25) is 0 Å². The zero-order valence-corrected chi connectivity index (χ0v) is 5.20. The number of aliphatic hydroxyl groups is 1. The van der Waals surface area contributed by atoms with Crippen LogP contribution in [0, 0.1) is 0 Å². The van der Waals surface area contributed by atoms with Gasteiger partial charge in [-0.25, -0.2) is 4.72 Å². The van der Waals surface area contributed by atoms with E-state index in [1.54, 1.807) is 4.72 Å². The van der Waals surface area contributed by atoms with Crippen molar-refractivity contribution in [1.29, 1.82) is 0 Å². The summed E-state index contributed by atoms with van der Waals surface area (Å²) >= 11 is 0. The van der Waals surface area contributed by atoms with Crippen LogP contribution in [0.15, 0.2) is 0 Å². The minimum Gasteiger partial charge on any atom is -0.380 e. The third-order valence-corrected chi connectivity index (χ3v) is 1.57. The van der Waals surface area contributed by atoms with Gasteiger partial charge in [0.1, 0.15) is 6.73 Å². The molecule has 0 atom stereocenters. The van der Waals surface area contributed by atoms with Gasteiger partial charge >= 0.3 is 0 Å². The van der Waals surface area contributed by atoms with Gasteiger partial charge in [0.25, 0.3) is 10.2 Å². The first-order chi connectivity index (χ1) is 3.62. The third-order valence-electron chi connectivity index (χ3n) is 0.523. The molecule has 0 fully saturated rings. The Kier molecular flexibility index (Phi) is 2.91. The zero-order valence-electron chi connectivity index (χ0n) is 4.38. The molecule has 0 heterocycles. The highest BCUT2D eigenvalue weighted by Crippen LogP contribution is 1.66. The van der Waals surface area contributed by atoms with Crippen LogP contribution in [0.1, 0.15) is 0 Å². The molecule has 0 saturated carbocycles. The first kappa shape index (κ1) is 7.83. The van der Waals surface area contributed by atoms with Crippen LogP contribution in [0.5, 0.6) is 0 Å². The monoisotopic (exact) mass is 140 g/mol. The van der Waals surface area contributed by atoms with Gasteiger partial charge < -0.3 is 5.11 Å². The van der Waals surface area contributed by atoms with Gasteiger partial charge in [-0.15, -0.1) is 0 Å². The molecule has 0 aliphatic heterocycles. The van der Waals surface area contributed by atoms with Crippen molar-refractivity contribution in [3.8, 4) is 0 Å². The van der Waals surface area contributed by atoms with E-state index in [0.29, 0.717) is 0 Å². The van der Waals surface area contributed by atoms with Crippen LogP contribution in [0.2, 0.25) is 0 Å². The summed E-state index contributed by atoms with van der Waals surface area (Å²) in [5.74, 6) is 0. The second-order valence-electron chi connectivity index (χ2n) is 1.01. The number of hydrogen-bond donors (Lipinski definition) is 3. The Hall–Kier alpha value is -0.170. The molecule has 0 aromatic heterocycles. The first-order valence-corrected chi connectivity index (χ1v) is 3.39. The van der Waals surface area contributed by atoms with Crippen molar-refractivity contribution in [2.45, 2.75) is 0 Å². The Morgan fingerprint density at radius 1 is 1.62 bits per heavy atom. The molecule has 0 amide bonds. The predicted octanol–water partition coefficient (Wildman–Crippen LogP) is -2.01. The highest BCUT2D eigenvalue weighted by atomic mass is 32.2. The number of hydrogen-bond acceptors (Lipinski definition) is 3. The maximum atomic E-state index is 10.2. The van der Waals surface area contributed by atoms with Gasteiger partial charge in [0.15, 0.2) is 0 Å². The molecule has 0 bridgehead atoms. The molecule has 8 heavy (non-hydrogen) atoms. The highest BCUT2D eigenvalue weighted by Gasteiger charge is 2.00. The standard InChI is InChI=1S/C2H8N2O3S/c1-3-8(6,7)4-2-5/h3-5H,2H2,1H3. The maximum Gasteiger partial charge on any atom is 0.278 e. The summed E-state index contributed by atoms with van der Waals surface area (Å²) in [6.07, 6.45) is 0. The lowest BCUT2D eigenvalue weighted by Gasteiger charge is -1.97. The van der Waals surface area contributed by atoms with E-state index in [4.69, 9.17) is 5.11 Å². The number of rotatable bonds is 3. The SMILES string of the molecule is CNS(=O)(=O)NCO. The molecule has 50 valence electrons. The van der Waals surface area contributed by atoms with E-state index in [9.17, 15) is 8.42 Å². The van der Waals surface area contributed by atoms with Gasteiger partial charge in [-0.1, -0.05) is 0 Å². The van der Waals surface area contributed by atoms with Crippen molar-refractivity contribution >= 4 is 10.2 Å². The smallest absolute Gasteiger partial charge is 0.278 e. The minimum absolute atomic E-state index is 0.580. The summed E-state index contributed by atoms with van der Waals surface area (Å²) in [7, 11) is -2.17. The van der Waals surface area contributed by atoms with E-state index in [1.807, 2.05) is 4.72 Å². The minimum atomic E-state index is -3.42. The average molecular weight is 140 g/mol. The highest BCUT2D eigenvalue weighted by molar-refractivity contribution is 7.87. The average Bonchev–Trinajstić information content (AvgIpc) is 1.67. The fourth-order valence-electron chi connectivity index (χ4n) is 0.157. The topological polar surface area (TPSA) is 78.4 Å². The summed E-state index contributed by atoms with van der Waals surface area (Å²) in [6.45, 7) is -0.580. The lowest BCUT2D eigenvalue weighted by atomic mass is 11.4. The normalized spacial score (nSPS) is 11.8. The third kappa shape index (κ3) is 2.92. The van der Waals surface area contributed by atoms with Gasteiger partial charge in [-0.05, 0) is 0 Å². The van der Waals surface area contributed by atoms with Gasteiger partial charge in [-0.2, -0.15) is 13.1 Å². The Morgan fingerprint density at radius 2 is 2.12 bits per heavy atom. The van der Waals surface area contributed by atoms with Crippen LogP contribution >= 0.6 is 0 Å². The van der Waals surface area contributed by atoms with Gasteiger partial charge in [-0.3, -0.25) is 0 Å². The molecule has 0 aliphatic carbocycles. The van der Waals surface area contributed by atoms with Crippen LogP contribution in [0.25, 0.3) is 0 Å². The predicted molar refractivity (Wildman–Crippen MR) is 28.2 cm³/mol. The second kappa shape index (κ2) is 2.98. The summed E-state index contributed by atoms with van der Waals surface area (Å²) in [4.78, 5) is 0. The molecular formula is C2H8N2O3S. The molecule has 0 aliphatic rings. The summed E-state index contributed by atoms with van der Waals surface area (Å²) in [6, 6.07) is 0. The summed E-state index contributed by atoms with van der Waals surface area (Å²) < 4.78 is 24.2. The van der Waals surface area contributed by atoms with Crippen LogP contribution in [-0.4, -0.2) is 27.3 Å². The maximum absolute atomic E-state index is 10.2. The second-order valence-corrected chi connectivity index (χ2v) is 2.71. The van der Waals surface area contributed by atoms with Crippen LogP contribution in [0.3, 0.4) is 0 Å². The van der Waals surface area contributed by atoms with Crippen molar-refractivity contribution in [1.82, 2.24) is 9.44 Å². The van der Waals surface area contributed by atoms with E-state index in [0.717, 1.165) is 0 Å². The van der Waals surface area contributed by atoms with E-state index in [-0.39, 0.29) is 0 Å². The largest absolute Gasteiger partial charge is 0.380 e. The Labute approximate surface area is 47.9 Å². The molecule has 0 saturated heterocycles. The summed E-state index contributed by atoms with van der Waals surface area (Å²) in [5, 5.41) is 8.00. The first-order valence-electron chi connectivity index (χ1n) is 1.91. The number of nitrogens with one attached hydrogen (secondary N) is 2. The van der Waals surface area contributed by atoms with Crippen LogP contribution in [-0.2, 0) is 10.2 Å². The van der Waals surface area contributed by atoms with Crippen molar-refractivity contribution in [3.63, 3.8) is 0 Å². The lowest BCUT2D eigenvalue weighted by molar-refractivity contribution is 0.288. The number of aliphatic hydroxyl groups excluding tert-OH is 1. The molecule has 0 spiro atoms. The van der Waals surface area contributed by atoms with Gasteiger partial charge in [0, 0.05) is 7.05 Å². The van der Waals surface area contributed by atoms with Gasteiger partial charge in [0.05, 0.1) is 0 Å². The molecule has 0 aromatic carbocycles. The fraction of sp³-hybridized carbons (Fsp3) is 1.00. The molecular weight excluding hydrogens is 132 g/mol. The van der Waals surface area contributed by atoms with Crippen molar-refractivity contribution < 1.29 is 13.5 Å². The van der Waals surface area contributed by atoms with Crippen molar-refractivity contribution in [3.05, 3.63) is 0 Å².